The molecule has 2 aliphatic carbocycles. The molecule has 0 spiro atoms. The van der Waals surface area contributed by atoms with Gasteiger partial charge >= 0.3 is 0 Å². The van der Waals surface area contributed by atoms with Gasteiger partial charge in [0.05, 0.1) is 22.4 Å². The fraction of sp³-hybridized carbons (Fsp3) is 0.421. The number of oxime groups is 1. The van der Waals surface area contributed by atoms with Crippen molar-refractivity contribution in [1.29, 1.82) is 0 Å². The molecule has 0 saturated heterocycles. The molecule has 160 valence electrons. The average Bonchev–Trinajstić information content (AvgIpc) is 3.39. The van der Waals surface area contributed by atoms with Crippen LogP contribution in [0.3, 0.4) is 0 Å². The summed E-state index contributed by atoms with van der Waals surface area (Å²) in [4.78, 5) is 22.1. The summed E-state index contributed by atoms with van der Waals surface area (Å²) < 4.78 is 38.0. The molecule has 2 N–H and O–H groups in total. The fourth-order valence-corrected chi connectivity index (χ4v) is 5.40. The predicted molar refractivity (Wildman–Crippen MR) is 109 cm³/mol. The van der Waals surface area contributed by atoms with Crippen LogP contribution in [-0.4, -0.2) is 47.6 Å². The molecule has 1 aromatic heterocycles. The van der Waals surface area contributed by atoms with Crippen LogP contribution in [0.5, 0.6) is 0 Å². The first-order valence-electron chi connectivity index (χ1n) is 9.52. The number of thiazole rings is 1. The molecule has 2 aromatic rings. The van der Waals surface area contributed by atoms with Gasteiger partial charge in [0, 0.05) is 12.0 Å². The summed E-state index contributed by atoms with van der Waals surface area (Å²) in [6.07, 6.45) is 3.13. The molecule has 0 bridgehead atoms. The lowest BCUT2D eigenvalue weighted by atomic mass is 10.1. The first-order chi connectivity index (χ1) is 14.3. The number of aliphatic hydroxyl groups excluding tert-OH is 1. The molecule has 2 aliphatic rings. The maximum absolute atomic E-state index is 13.2. The second-order valence-electron chi connectivity index (χ2n) is 7.33. The van der Waals surface area contributed by atoms with E-state index in [4.69, 9.17) is 4.84 Å². The number of rotatable bonds is 7. The minimum Gasteiger partial charge on any atom is -0.393 e. The maximum atomic E-state index is 13.2. The van der Waals surface area contributed by atoms with Crippen LogP contribution in [0, 0.1) is 5.13 Å². The van der Waals surface area contributed by atoms with E-state index in [0.717, 1.165) is 6.20 Å². The summed E-state index contributed by atoms with van der Waals surface area (Å²) in [5.41, 5.74) is 0.250. The predicted octanol–water partition coefficient (Wildman–Crippen LogP) is 2.49. The van der Waals surface area contributed by atoms with Crippen molar-refractivity contribution in [2.75, 3.05) is 5.32 Å². The summed E-state index contributed by atoms with van der Waals surface area (Å²) >= 11 is 0.670. The van der Waals surface area contributed by atoms with E-state index in [0.29, 0.717) is 49.0 Å². The van der Waals surface area contributed by atoms with Gasteiger partial charge in [-0.05, 0) is 37.8 Å². The molecule has 2 atom stereocenters. The van der Waals surface area contributed by atoms with Gasteiger partial charge in [0.25, 0.3) is 5.91 Å². The van der Waals surface area contributed by atoms with Gasteiger partial charge in [-0.3, -0.25) is 10.1 Å². The quantitative estimate of drug-likeness (QED) is 0.491. The second-order valence-corrected chi connectivity index (χ2v) is 10.5. The van der Waals surface area contributed by atoms with Gasteiger partial charge < -0.3 is 9.94 Å². The zero-order valence-electron chi connectivity index (χ0n) is 15.8. The maximum Gasteiger partial charge on any atom is 0.280 e. The van der Waals surface area contributed by atoms with Gasteiger partial charge in [-0.25, -0.2) is 13.4 Å². The van der Waals surface area contributed by atoms with Crippen LogP contribution in [0.15, 0.2) is 40.5 Å². The lowest BCUT2D eigenvalue weighted by molar-refractivity contribution is -0.110. The molecular formula is C19H20FN3O5S2. The molecule has 30 heavy (non-hydrogen) atoms. The molecule has 1 amide bonds. The molecule has 1 aromatic carbocycles. The van der Waals surface area contributed by atoms with Crippen molar-refractivity contribution < 1.29 is 27.5 Å². The summed E-state index contributed by atoms with van der Waals surface area (Å²) in [7, 11) is -3.36. The highest BCUT2D eigenvalue weighted by atomic mass is 32.2. The van der Waals surface area contributed by atoms with Crippen LogP contribution in [0.2, 0.25) is 0 Å². The van der Waals surface area contributed by atoms with Crippen LogP contribution in [0.1, 0.15) is 37.7 Å². The van der Waals surface area contributed by atoms with E-state index < -0.39 is 27.0 Å². The van der Waals surface area contributed by atoms with E-state index in [-0.39, 0.29) is 27.1 Å². The number of hydrogen-bond acceptors (Lipinski definition) is 8. The molecule has 2 saturated carbocycles. The monoisotopic (exact) mass is 453 g/mol. The highest BCUT2D eigenvalue weighted by Gasteiger charge is 2.36. The highest BCUT2D eigenvalue weighted by Crippen LogP contribution is 2.33. The third-order valence-corrected chi connectivity index (χ3v) is 7.96. The van der Waals surface area contributed by atoms with Crippen molar-refractivity contribution in [3.05, 3.63) is 41.2 Å². The average molecular weight is 454 g/mol. The van der Waals surface area contributed by atoms with Crippen LogP contribution >= 0.6 is 11.3 Å². The Hall–Kier alpha value is -2.37. The topological polar surface area (TPSA) is 118 Å². The van der Waals surface area contributed by atoms with Gasteiger partial charge in [-0.15, -0.1) is 0 Å². The van der Waals surface area contributed by atoms with Crippen molar-refractivity contribution >= 4 is 37.9 Å². The van der Waals surface area contributed by atoms with Crippen molar-refractivity contribution in [3.63, 3.8) is 0 Å². The molecule has 4 rings (SSSR count). The Bertz CT molecular complexity index is 1060. The first-order valence-corrected chi connectivity index (χ1v) is 11.9. The molecule has 8 nitrogen and oxygen atoms in total. The van der Waals surface area contributed by atoms with Crippen LogP contribution in [-0.2, 0) is 19.5 Å². The van der Waals surface area contributed by atoms with Crippen molar-refractivity contribution in [2.45, 2.75) is 54.5 Å². The molecule has 0 aliphatic heterocycles. The lowest BCUT2D eigenvalue weighted by Gasteiger charge is -2.11. The number of carbonyl (C=O) groups is 1. The molecule has 11 heteroatoms. The van der Waals surface area contributed by atoms with Crippen LogP contribution in [0.4, 0.5) is 9.52 Å². The van der Waals surface area contributed by atoms with Gasteiger partial charge in [-0.2, -0.15) is 4.39 Å². The highest BCUT2D eigenvalue weighted by molar-refractivity contribution is 7.92. The lowest BCUT2D eigenvalue weighted by Crippen LogP contribution is -2.25. The summed E-state index contributed by atoms with van der Waals surface area (Å²) in [6.45, 7) is 0. The van der Waals surface area contributed by atoms with E-state index in [9.17, 15) is 22.7 Å². The second kappa shape index (κ2) is 8.40. The zero-order valence-corrected chi connectivity index (χ0v) is 17.5. The molecule has 1 heterocycles. The van der Waals surface area contributed by atoms with Gasteiger partial charge in [0.1, 0.15) is 6.10 Å². The minimum atomic E-state index is -3.36. The Labute approximate surface area is 176 Å². The Balaban J connectivity index is 1.58. The number of hydrogen-bond donors (Lipinski definition) is 2. The smallest absolute Gasteiger partial charge is 0.280 e. The van der Waals surface area contributed by atoms with Crippen molar-refractivity contribution in [1.82, 2.24) is 4.98 Å². The normalized spacial score (nSPS) is 22.1. The zero-order chi connectivity index (χ0) is 21.3. The van der Waals surface area contributed by atoms with Gasteiger partial charge in [0.2, 0.25) is 0 Å². The summed E-state index contributed by atoms with van der Waals surface area (Å²) in [6, 6.07) is 5.86. The Morgan fingerprint density at radius 2 is 1.97 bits per heavy atom. The molecular weight excluding hydrogens is 433 g/mol. The number of nitrogens with zero attached hydrogens (tertiary/aromatic N) is 2. The van der Waals surface area contributed by atoms with E-state index in [2.05, 4.69) is 15.5 Å². The van der Waals surface area contributed by atoms with Crippen LogP contribution < -0.4 is 5.32 Å². The third-order valence-electron chi connectivity index (χ3n) is 4.98. The number of benzene rings is 1. The van der Waals surface area contributed by atoms with E-state index in [1.807, 2.05) is 0 Å². The number of aromatic nitrogens is 1. The van der Waals surface area contributed by atoms with Gasteiger partial charge in [-0.1, -0.05) is 28.6 Å². The number of anilines is 1. The number of amides is 1. The fourth-order valence-electron chi connectivity index (χ4n) is 3.21. The largest absolute Gasteiger partial charge is 0.393 e. The van der Waals surface area contributed by atoms with E-state index in [1.165, 1.54) is 24.3 Å². The van der Waals surface area contributed by atoms with Crippen molar-refractivity contribution in [2.24, 2.45) is 5.16 Å². The molecule has 0 radical (unpaired) electrons. The Kier molecular flexibility index (Phi) is 5.85. The van der Waals surface area contributed by atoms with Crippen molar-refractivity contribution in [3.8, 4) is 0 Å². The number of sulfone groups is 1. The number of aliphatic hydroxyl groups is 1. The van der Waals surface area contributed by atoms with E-state index in [1.54, 1.807) is 0 Å². The summed E-state index contributed by atoms with van der Waals surface area (Å²) in [5.74, 6) is -0.666. The molecule has 2 fully saturated rings. The van der Waals surface area contributed by atoms with E-state index >= 15 is 0 Å². The van der Waals surface area contributed by atoms with Gasteiger partial charge in [0.15, 0.2) is 25.8 Å². The standard InChI is InChI=1S/C19H20FN3O5S2/c20-16-10-21-19(29-16)22-18(25)17(23-28-13-4-3-12(24)9-13)11-1-5-14(6-2-11)30(26,27)15-7-8-15/h1-2,5-6,10,12-13,15,24H,3-4,7-9H2,(H,21,22,25)/t12-,13-/m0/s1. The minimum absolute atomic E-state index is 0.0643. The van der Waals surface area contributed by atoms with Crippen LogP contribution in [0.25, 0.3) is 0 Å². The Morgan fingerprint density at radius 3 is 2.53 bits per heavy atom. The Morgan fingerprint density at radius 1 is 1.23 bits per heavy atom. The summed E-state index contributed by atoms with van der Waals surface area (Å²) in [5, 5.41) is 15.3. The SMILES string of the molecule is O=C(Nc1ncc(F)s1)C(=NO[C@H]1CC[C@H](O)C1)c1ccc(S(=O)(=O)C2CC2)cc1. The third kappa shape index (κ3) is 4.68. The number of carbonyl (C=O) groups excluding carboxylic acids is 1. The number of halogens is 1. The number of nitrogens with one attached hydrogen (secondary N) is 1. The first kappa shape index (κ1) is 20.9. The molecule has 0 unspecified atom stereocenters.